The lowest BCUT2D eigenvalue weighted by Crippen LogP contribution is -2.28. The number of aromatic nitrogens is 4. The number of thiazole rings is 1. The number of nitrogens with one attached hydrogen (secondary N) is 2. The number of ether oxygens (including phenoxy) is 1. The Labute approximate surface area is 229 Å². The van der Waals surface area contributed by atoms with Gasteiger partial charge in [0.1, 0.15) is 33.1 Å². The number of rotatable bonds is 6. The molecule has 4 aromatic heterocycles. The molecule has 0 spiro atoms. The summed E-state index contributed by atoms with van der Waals surface area (Å²) in [4.78, 5) is 40.8. The van der Waals surface area contributed by atoms with Crippen LogP contribution in [0.25, 0.3) is 27.1 Å². The van der Waals surface area contributed by atoms with Crippen molar-refractivity contribution < 1.29 is 18.3 Å². The molecule has 4 heterocycles. The molecule has 40 heavy (non-hydrogen) atoms. The van der Waals surface area contributed by atoms with Gasteiger partial charge in [0.25, 0.3) is 11.5 Å². The zero-order chi connectivity index (χ0) is 28.0. The number of carbonyl (C=O) groups is 1. The van der Waals surface area contributed by atoms with Gasteiger partial charge in [-0.2, -0.15) is 0 Å². The van der Waals surface area contributed by atoms with Gasteiger partial charge in [0.15, 0.2) is 16.7 Å². The van der Waals surface area contributed by atoms with Crippen LogP contribution in [0.4, 0.5) is 19.6 Å². The largest absolute Gasteiger partial charge is 0.453 e. The minimum absolute atomic E-state index is 0.0505. The molecule has 1 amide bonds. The number of halogens is 2. The van der Waals surface area contributed by atoms with Crippen molar-refractivity contribution in [3.8, 4) is 17.2 Å². The van der Waals surface area contributed by atoms with Gasteiger partial charge in [-0.05, 0) is 54.6 Å². The first-order valence-corrected chi connectivity index (χ1v) is 12.8. The van der Waals surface area contributed by atoms with Crippen molar-refractivity contribution in [2.45, 2.75) is 0 Å². The maximum absolute atomic E-state index is 15.0. The molecule has 0 atom stereocenters. The summed E-state index contributed by atoms with van der Waals surface area (Å²) in [6.07, 6.45) is 3.24. The van der Waals surface area contributed by atoms with Gasteiger partial charge >= 0.3 is 0 Å². The number of benzene rings is 2. The molecule has 6 rings (SSSR count). The second kappa shape index (κ2) is 9.89. The average molecular weight is 559 g/mol. The molecule has 0 bridgehead atoms. The number of amides is 1. The van der Waals surface area contributed by atoms with Crippen LogP contribution in [-0.4, -0.2) is 39.5 Å². The monoisotopic (exact) mass is 558 g/mol. The summed E-state index contributed by atoms with van der Waals surface area (Å²) in [6.45, 7) is 0. The number of anilines is 2. The summed E-state index contributed by atoms with van der Waals surface area (Å²) >= 11 is 1.26. The van der Waals surface area contributed by atoms with E-state index in [0.29, 0.717) is 37.9 Å². The Morgan fingerprint density at radius 3 is 2.60 bits per heavy atom. The number of hydrogen-bond donors (Lipinski definition) is 2. The molecule has 0 aliphatic heterocycles. The van der Waals surface area contributed by atoms with E-state index < -0.39 is 23.1 Å². The normalized spacial score (nSPS) is 11.2. The number of nitrogens with zero attached hydrogens (tertiary/aromatic N) is 4. The van der Waals surface area contributed by atoms with Crippen LogP contribution >= 0.6 is 11.3 Å². The van der Waals surface area contributed by atoms with Crippen LogP contribution in [0.3, 0.4) is 0 Å². The predicted molar refractivity (Wildman–Crippen MR) is 150 cm³/mol. The smallest absolute Gasteiger partial charge is 0.269 e. The summed E-state index contributed by atoms with van der Waals surface area (Å²) in [5.74, 6) is -1.57. The van der Waals surface area contributed by atoms with E-state index in [0.717, 1.165) is 6.07 Å². The van der Waals surface area contributed by atoms with Gasteiger partial charge in [0.2, 0.25) is 0 Å². The zero-order valence-electron chi connectivity index (χ0n) is 21.1. The highest BCUT2D eigenvalue weighted by atomic mass is 32.1. The number of pyridine rings is 2. The molecule has 0 unspecified atom stereocenters. The fourth-order valence-corrected chi connectivity index (χ4v) is 5.15. The number of H-pyrrole nitrogens is 1. The summed E-state index contributed by atoms with van der Waals surface area (Å²) in [7, 11) is 3.62. The molecule has 0 saturated heterocycles. The molecular weight excluding hydrogens is 538 g/mol. The maximum Gasteiger partial charge on any atom is 0.269 e. The van der Waals surface area contributed by atoms with Gasteiger partial charge in [-0.3, -0.25) is 14.2 Å². The van der Waals surface area contributed by atoms with Gasteiger partial charge < -0.3 is 19.9 Å². The fourth-order valence-electron chi connectivity index (χ4n) is 4.16. The minimum atomic E-state index is -0.751. The number of hydrogen-bond acceptors (Lipinski definition) is 7. The second-order valence-electron chi connectivity index (χ2n) is 9.01. The van der Waals surface area contributed by atoms with E-state index in [-0.39, 0.29) is 17.0 Å². The fraction of sp³-hybridized carbons (Fsp3) is 0.0714. The maximum atomic E-state index is 15.0. The number of fused-ring (bicyclic) bond motifs is 2. The zero-order valence-corrected chi connectivity index (χ0v) is 21.9. The Balaban J connectivity index is 1.34. The summed E-state index contributed by atoms with van der Waals surface area (Å²) in [6, 6.07) is 14.1. The highest BCUT2D eigenvalue weighted by Crippen LogP contribution is 2.32. The minimum Gasteiger partial charge on any atom is -0.453 e. The molecule has 6 aromatic rings. The van der Waals surface area contributed by atoms with Crippen molar-refractivity contribution in [2.75, 3.05) is 24.3 Å². The van der Waals surface area contributed by atoms with E-state index in [4.69, 9.17) is 4.74 Å². The molecule has 2 N–H and O–H groups in total. The van der Waals surface area contributed by atoms with E-state index in [1.807, 2.05) is 14.1 Å². The van der Waals surface area contributed by atoms with Crippen molar-refractivity contribution in [3.05, 3.63) is 101 Å². The lowest BCUT2D eigenvalue weighted by Gasteiger charge is -2.12. The highest BCUT2D eigenvalue weighted by Gasteiger charge is 2.21. The second-order valence-corrected chi connectivity index (χ2v) is 9.96. The molecule has 0 aliphatic rings. The van der Waals surface area contributed by atoms with E-state index in [1.54, 1.807) is 29.4 Å². The number of aromatic amines is 1. The van der Waals surface area contributed by atoms with Crippen LogP contribution in [0.1, 0.15) is 10.4 Å². The van der Waals surface area contributed by atoms with Crippen molar-refractivity contribution >= 4 is 49.4 Å². The molecule has 12 heteroatoms. The van der Waals surface area contributed by atoms with Crippen molar-refractivity contribution in [1.29, 1.82) is 0 Å². The molecule has 0 fully saturated rings. The Morgan fingerprint density at radius 1 is 1.05 bits per heavy atom. The van der Waals surface area contributed by atoms with E-state index >= 15 is 0 Å². The highest BCUT2D eigenvalue weighted by molar-refractivity contribution is 7.21. The first kappa shape index (κ1) is 25.2. The first-order chi connectivity index (χ1) is 19.3. The molecule has 2 aromatic carbocycles. The third-order valence-electron chi connectivity index (χ3n) is 6.08. The Kier molecular flexibility index (Phi) is 6.23. The van der Waals surface area contributed by atoms with Crippen molar-refractivity contribution in [2.24, 2.45) is 0 Å². The SMILES string of the molecule is CN(C)c1nc2cc(C(=O)Nc3ccc(Oc4ccnc5[nH]ccc45)c(F)c3)c(=O)n(-c3ccc(F)cc3)c2s1. The Bertz CT molecular complexity index is 1960. The quantitative estimate of drug-likeness (QED) is 0.271. The van der Waals surface area contributed by atoms with Crippen molar-refractivity contribution in [3.63, 3.8) is 0 Å². The third kappa shape index (κ3) is 4.54. The van der Waals surface area contributed by atoms with Crippen LogP contribution in [0, 0.1) is 11.6 Å². The Hall–Kier alpha value is -5.10. The summed E-state index contributed by atoms with van der Waals surface area (Å²) in [5, 5.41) is 3.88. The summed E-state index contributed by atoms with van der Waals surface area (Å²) < 4.78 is 35.7. The molecule has 0 radical (unpaired) electrons. The predicted octanol–water partition coefficient (Wildman–Crippen LogP) is 5.71. The molecule has 200 valence electrons. The van der Waals surface area contributed by atoms with Crippen LogP contribution < -0.4 is 20.5 Å². The first-order valence-electron chi connectivity index (χ1n) is 12.0. The summed E-state index contributed by atoms with van der Waals surface area (Å²) in [5.41, 5.74) is 0.671. The van der Waals surface area contributed by atoms with Gasteiger partial charge in [0.05, 0.1) is 11.1 Å². The van der Waals surface area contributed by atoms with Gasteiger partial charge in [-0.1, -0.05) is 11.3 Å². The topological polar surface area (TPSA) is 105 Å². The molecular formula is C28H20F2N6O3S. The average Bonchev–Trinajstić information content (AvgIpc) is 3.58. The third-order valence-corrected chi connectivity index (χ3v) is 7.31. The lowest BCUT2D eigenvalue weighted by molar-refractivity contribution is 0.102. The van der Waals surface area contributed by atoms with Crippen LogP contribution in [0.5, 0.6) is 11.5 Å². The van der Waals surface area contributed by atoms with Crippen LogP contribution in [-0.2, 0) is 0 Å². The number of carbonyl (C=O) groups excluding carboxylic acids is 1. The van der Waals surface area contributed by atoms with E-state index in [9.17, 15) is 18.4 Å². The molecule has 0 saturated carbocycles. The van der Waals surface area contributed by atoms with E-state index in [2.05, 4.69) is 20.3 Å². The van der Waals surface area contributed by atoms with Crippen molar-refractivity contribution in [1.82, 2.24) is 19.5 Å². The van der Waals surface area contributed by atoms with Gasteiger partial charge in [-0.25, -0.2) is 18.7 Å². The van der Waals surface area contributed by atoms with Crippen LogP contribution in [0.2, 0.25) is 0 Å². The van der Waals surface area contributed by atoms with Gasteiger partial charge in [0, 0.05) is 38.2 Å². The van der Waals surface area contributed by atoms with E-state index in [1.165, 1.54) is 58.4 Å². The van der Waals surface area contributed by atoms with Gasteiger partial charge in [-0.15, -0.1) is 0 Å². The molecule has 0 aliphatic carbocycles. The Morgan fingerprint density at radius 2 is 1.85 bits per heavy atom. The van der Waals surface area contributed by atoms with Crippen LogP contribution in [0.15, 0.2) is 77.9 Å². The lowest BCUT2D eigenvalue weighted by atomic mass is 10.2. The molecule has 9 nitrogen and oxygen atoms in total. The standard InChI is InChI=1S/C28H20F2N6O3S/c1-35(2)28-34-21-14-19(26(38)36(27(21)40-28)17-6-3-15(29)4-7-17)25(37)33-16-5-8-23(20(30)13-16)39-22-10-12-32-24-18(22)9-11-31-24/h3-14H,1-2H3,(H,31,32)(H,33,37).